The highest BCUT2D eigenvalue weighted by molar-refractivity contribution is 5.84. The molecule has 16 heavy (non-hydrogen) atoms. The fourth-order valence-corrected chi connectivity index (χ4v) is 2.26. The van der Waals surface area contributed by atoms with Gasteiger partial charge in [0, 0.05) is 0 Å². The first kappa shape index (κ1) is 11.2. The van der Waals surface area contributed by atoms with Gasteiger partial charge in [-0.3, -0.25) is 0 Å². The molecular weight excluding hydrogens is 208 g/mol. The average molecular weight is 224 g/mol. The van der Waals surface area contributed by atoms with Crippen LogP contribution in [-0.2, 0) is 5.60 Å². The topological polar surface area (TPSA) is 70.7 Å². The van der Waals surface area contributed by atoms with Crippen LogP contribution in [0.4, 0.5) is 0 Å². The summed E-state index contributed by atoms with van der Waals surface area (Å²) < 4.78 is 5.19. The van der Waals surface area contributed by atoms with Crippen molar-refractivity contribution in [3.05, 3.63) is 23.7 Å². The summed E-state index contributed by atoms with van der Waals surface area (Å²) >= 11 is 0. The Hall–Kier alpha value is -1.29. The summed E-state index contributed by atoms with van der Waals surface area (Å²) in [5, 5.41) is 19.2. The highest BCUT2D eigenvalue weighted by Gasteiger charge is 2.33. The first-order chi connectivity index (χ1) is 7.62. The number of hydrogen-bond donors (Lipinski definition) is 2. The van der Waals surface area contributed by atoms with Crippen molar-refractivity contribution in [2.24, 2.45) is 0 Å². The van der Waals surface area contributed by atoms with Gasteiger partial charge in [-0.2, -0.15) is 0 Å². The summed E-state index contributed by atoms with van der Waals surface area (Å²) in [5.74, 6) is -0.803. The lowest BCUT2D eigenvalue weighted by Gasteiger charge is -2.23. The Morgan fingerprint density at radius 2 is 1.81 bits per heavy atom. The first-order valence-electron chi connectivity index (χ1n) is 5.68. The van der Waals surface area contributed by atoms with E-state index in [2.05, 4.69) is 0 Å². The molecule has 88 valence electrons. The smallest absolute Gasteiger partial charge is 0.371 e. The van der Waals surface area contributed by atoms with Crippen LogP contribution in [0.15, 0.2) is 16.5 Å². The van der Waals surface area contributed by atoms with E-state index in [1.54, 1.807) is 6.07 Å². The highest BCUT2D eigenvalue weighted by Crippen LogP contribution is 2.36. The molecule has 4 heteroatoms. The molecule has 0 atom stereocenters. The predicted molar refractivity (Wildman–Crippen MR) is 57.3 cm³/mol. The van der Waals surface area contributed by atoms with Gasteiger partial charge in [0.15, 0.2) is 0 Å². The van der Waals surface area contributed by atoms with Gasteiger partial charge in [-0.05, 0) is 25.0 Å². The SMILES string of the molecule is O=C(O)c1ccc(C2(O)CCCCCC2)o1. The Labute approximate surface area is 93.9 Å². The minimum atomic E-state index is -1.09. The van der Waals surface area contributed by atoms with Crippen LogP contribution in [0.3, 0.4) is 0 Å². The minimum Gasteiger partial charge on any atom is -0.475 e. The molecule has 1 heterocycles. The monoisotopic (exact) mass is 224 g/mol. The third kappa shape index (κ3) is 2.11. The lowest BCUT2D eigenvalue weighted by molar-refractivity contribution is -0.00145. The Kier molecular flexibility index (Phi) is 3.01. The molecule has 2 N–H and O–H groups in total. The van der Waals surface area contributed by atoms with Gasteiger partial charge in [-0.1, -0.05) is 25.7 Å². The van der Waals surface area contributed by atoms with Crippen LogP contribution in [0.2, 0.25) is 0 Å². The Morgan fingerprint density at radius 1 is 1.19 bits per heavy atom. The van der Waals surface area contributed by atoms with Gasteiger partial charge in [-0.25, -0.2) is 4.79 Å². The molecule has 1 aromatic heterocycles. The van der Waals surface area contributed by atoms with Crippen molar-refractivity contribution in [3.8, 4) is 0 Å². The van der Waals surface area contributed by atoms with Gasteiger partial charge in [0.2, 0.25) is 5.76 Å². The molecule has 1 aromatic rings. The third-order valence-corrected chi connectivity index (χ3v) is 3.21. The molecule has 0 saturated heterocycles. The van der Waals surface area contributed by atoms with Crippen molar-refractivity contribution in [2.45, 2.75) is 44.1 Å². The number of aromatic carboxylic acids is 1. The van der Waals surface area contributed by atoms with Crippen molar-refractivity contribution < 1.29 is 19.4 Å². The zero-order chi connectivity index (χ0) is 11.6. The van der Waals surface area contributed by atoms with Crippen LogP contribution >= 0.6 is 0 Å². The van der Waals surface area contributed by atoms with E-state index in [-0.39, 0.29) is 5.76 Å². The highest BCUT2D eigenvalue weighted by atomic mass is 16.4. The van der Waals surface area contributed by atoms with Crippen LogP contribution < -0.4 is 0 Å². The molecule has 4 nitrogen and oxygen atoms in total. The molecule has 1 aliphatic carbocycles. The largest absolute Gasteiger partial charge is 0.475 e. The third-order valence-electron chi connectivity index (χ3n) is 3.21. The molecule has 0 aromatic carbocycles. The van der Waals surface area contributed by atoms with Crippen LogP contribution in [0, 0.1) is 0 Å². The normalized spacial score (nSPS) is 20.3. The van der Waals surface area contributed by atoms with E-state index in [0.29, 0.717) is 18.6 Å². The van der Waals surface area contributed by atoms with E-state index >= 15 is 0 Å². The van der Waals surface area contributed by atoms with Gasteiger partial charge in [0.25, 0.3) is 0 Å². The van der Waals surface area contributed by atoms with E-state index in [1.165, 1.54) is 6.07 Å². The van der Waals surface area contributed by atoms with Gasteiger partial charge in [-0.15, -0.1) is 0 Å². The van der Waals surface area contributed by atoms with E-state index in [1.807, 2.05) is 0 Å². The van der Waals surface area contributed by atoms with Gasteiger partial charge in [0.1, 0.15) is 11.4 Å². The number of carbonyl (C=O) groups is 1. The van der Waals surface area contributed by atoms with Gasteiger partial charge < -0.3 is 14.6 Å². The number of carboxylic acid groups (broad SMARTS) is 1. The van der Waals surface area contributed by atoms with Crippen molar-refractivity contribution in [2.75, 3.05) is 0 Å². The van der Waals surface area contributed by atoms with Gasteiger partial charge in [0.05, 0.1) is 0 Å². The molecule has 0 bridgehead atoms. The van der Waals surface area contributed by atoms with Crippen LogP contribution in [0.5, 0.6) is 0 Å². The quantitative estimate of drug-likeness (QED) is 0.757. The molecule has 1 fully saturated rings. The standard InChI is InChI=1S/C12H16O4/c13-11(14)9-5-6-10(16-9)12(15)7-3-1-2-4-8-12/h5-6,15H,1-4,7-8H2,(H,13,14). The molecule has 0 unspecified atom stereocenters. The molecule has 1 saturated carbocycles. The summed E-state index contributed by atoms with van der Waals surface area (Å²) in [6.07, 6.45) is 5.46. The maximum atomic E-state index is 10.7. The molecule has 0 spiro atoms. The Bertz CT molecular complexity index is 372. The summed E-state index contributed by atoms with van der Waals surface area (Å²) in [6.45, 7) is 0. The van der Waals surface area contributed by atoms with Crippen LogP contribution in [0.25, 0.3) is 0 Å². The van der Waals surface area contributed by atoms with E-state index in [9.17, 15) is 9.90 Å². The van der Waals surface area contributed by atoms with E-state index < -0.39 is 11.6 Å². The molecule has 0 aliphatic heterocycles. The number of furan rings is 1. The fourth-order valence-electron chi connectivity index (χ4n) is 2.26. The summed E-state index contributed by atoms with van der Waals surface area (Å²) in [5.41, 5.74) is -0.968. The predicted octanol–water partition coefficient (Wildman–Crippen LogP) is 2.52. The molecule has 1 aliphatic rings. The fraction of sp³-hybridized carbons (Fsp3) is 0.583. The summed E-state index contributed by atoms with van der Waals surface area (Å²) in [7, 11) is 0. The number of carboxylic acids is 1. The number of rotatable bonds is 2. The Morgan fingerprint density at radius 3 is 2.31 bits per heavy atom. The second-order valence-corrected chi connectivity index (χ2v) is 4.41. The average Bonchev–Trinajstić information content (AvgIpc) is 2.64. The molecule has 0 amide bonds. The maximum absolute atomic E-state index is 10.7. The molecular formula is C12H16O4. The zero-order valence-corrected chi connectivity index (χ0v) is 9.11. The second-order valence-electron chi connectivity index (χ2n) is 4.41. The zero-order valence-electron chi connectivity index (χ0n) is 9.11. The van der Waals surface area contributed by atoms with Crippen LogP contribution in [-0.4, -0.2) is 16.2 Å². The maximum Gasteiger partial charge on any atom is 0.371 e. The second kappa shape index (κ2) is 4.29. The van der Waals surface area contributed by atoms with E-state index in [4.69, 9.17) is 9.52 Å². The summed E-state index contributed by atoms with van der Waals surface area (Å²) in [4.78, 5) is 10.7. The van der Waals surface area contributed by atoms with Crippen molar-refractivity contribution >= 4 is 5.97 Å². The number of hydrogen-bond acceptors (Lipinski definition) is 3. The Balaban J connectivity index is 2.23. The molecule has 0 radical (unpaired) electrons. The van der Waals surface area contributed by atoms with Gasteiger partial charge >= 0.3 is 5.97 Å². The molecule has 2 rings (SSSR count). The van der Waals surface area contributed by atoms with E-state index in [0.717, 1.165) is 25.7 Å². The van der Waals surface area contributed by atoms with Crippen molar-refractivity contribution in [1.82, 2.24) is 0 Å². The summed E-state index contributed by atoms with van der Waals surface area (Å²) in [6, 6.07) is 2.98. The van der Waals surface area contributed by atoms with Crippen molar-refractivity contribution in [1.29, 1.82) is 0 Å². The minimum absolute atomic E-state index is 0.104. The number of aliphatic hydroxyl groups is 1. The lowest BCUT2D eigenvalue weighted by Crippen LogP contribution is -2.23. The van der Waals surface area contributed by atoms with Crippen molar-refractivity contribution in [3.63, 3.8) is 0 Å². The lowest BCUT2D eigenvalue weighted by atomic mass is 9.92. The van der Waals surface area contributed by atoms with Crippen LogP contribution in [0.1, 0.15) is 54.8 Å². The first-order valence-corrected chi connectivity index (χ1v) is 5.68.